The number of nitrogens with one attached hydrogen (secondary N) is 2. The van der Waals surface area contributed by atoms with Crippen molar-refractivity contribution < 1.29 is 13.6 Å². The zero-order valence-corrected chi connectivity index (χ0v) is 15.6. The lowest BCUT2D eigenvalue weighted by molar-refractivity contribution is 0.0900. The van der Waals surface area contributed by atoms with E-state index in [-0.39, 0.29) is 24.2 Å². The first-order chi connectivity index (χ1) is 13.4. The van der Waals surface area contributed by atoms with Crippen molar-refractivity contribution >= 4 is 5.91 Å². The van der Waals surface area contributed by atoms with Crippen molar-refractivity contribution in [2.24, 2.45) is 0 Å². The molecule has 28 heavy (non-hydrogen) atoms. The Labute approximate surface area is 161 Å². The molecule has 1 aliphatic heterocycles. The maximum atomic E-state index is 13.9. The molecule has 0 bridgehead atoms. The van der Waals surface area contributed by atoms with Gasteiger partial charge in [0.1, 0.15) is 23.5 Å². The van der Waals surface area contributed by atoms with Crippen LogP contribution in [0, 0.1) is 25.5 Å². The molecule has 1 aromatic heterocycles. The van der Waals surface area contributed by atoms with E-state index in [2.05, 4.69) is 21.8 Å². The predicted octanol–water partition coefficient (Wildman–Crippen LogP) is 3.48. The number of fused-ring (bicyclic) bond motifs is 1. The monoisotopic (exact) mass is 382 g/mol. The number of aryl methyl sites for hydroxylation is 2. The summed E-state index contributed by atoms with van der Waals surface area (Å²) in [5.74, 6) is -1.18. The molecule has 2 N–H and O–H groups in total. The van der Waals surface area contributed by atoms with Crippen molar-refractivity contribution in [2.75, 3.05) is 6.54 Å². The van der Waals surface area contributed by atoms with Gasteiger partial charge in [-0.15, -0.1) is 0 Å². The molecule has 144 valence electrons. The molecule has 3 aromatic rings. The quantitative estimate of drug-likeness (QED) is 0.726. The SMILES string of the molecule is Cc1ccc(-c2cc3n(n2)C(NCc2cc(F)ccc2F)CNC3=O)c(C)c1. The van der Waals surface area contributed by atoms with Crippen molar-refractivity contribution in [3.8, 4) is 11.3 Å². The molecule has 0 saturated carbocycles. The maximum absolute atomic E-state index is 13.9. The lowest BCUT2D eigenvalue weighted by atomic mass is 10.0. The van der Waals surface area contributed by atoms with Crippen LogP contribution in [0.2, 0.25) is 0 Å². The van der Waals surface area contributed by atoms with Gasteiger partial charge in [0, 0.05) is 17.7 Å². The van der Waals surface area contributed by atoms with Crippen LogP contribution in [0.25, 0.3) is 11.3 Å². The second-order valence-corrected chi connectivity index (χ2v) is 7.02. The number of benzene rings is 2. The summed E-state index contributed by atoms with van der Waals surface area (Å²) < 4.78 is 28.9. The zero-order valence-electron chi connectivity index (χ0n) is 15.6. The number of hydrogen-bond acceptors (Lipinski definition) is 3. The van der Waals surface area contributed by atoms with Crippen LogP contribution in [0.4, 0.5) is 8.78 Å². The molecule has 1 unspecified atom stereocenters. The molecule has 1 aliphatic rings. The number of halogens is 2. The molecule has 0 spiro atoms. The van der Waals surface area contributed by atoms with E-state index in [4.69, 9.17) is 0 Å². The van der Waals surface area contributed by atoms with Crippen molar-refractivity contribution in [2.45, 2.75) is 26.6 Å². The summed E-state index contributed by atoms with van der Waals surface area (Å²) in [5.41, 5.74) is 4.53. The van der Waals surface area contributed by atoms with E-state index in [1.54, 1.807) is 10.7 Å². The highest BCUT2D eigenvalue weighted by Crippen LogP contribution is 2.26. The van der Waals surface area contributed by atoms with E-state index in [1.807, 2.05) is 26.0 Å². The van der Waals surface area contributed by atoms with Crippen LogP contribution in [-0.4, -0.2) is 22.2 Å². The van der Waals surface area contributed by atoms with Gasteiger partial charge < -0.3 is 5.32 Å². The van der Waals surface area contributed by atoms with Crippen LogP contribution in [0.3, 0.4) is 0 Å². The number of nitrogens with zero attached hydrogens (tertiary/aromatic N) is 2. The largest absolute Gasteiger partial charge is 0.347 e. The third-order valence-corrected chi connectivity index (χ3v) is 4.91. The molecule has 1 atom stereocenters. The minimum absolute atomic E-state index is 0.113. The topological polar surface area (TPSA) is 59.0 Å². The normalized spacial score (nSPS) is 16.0. The lowest BCUT2D eigenvalue weighted by Crippen LogP contribution is -2.45. The zero-order chi connectivity index (χ0) is 19.8. The number of hydrogen-bond donors (Lipinski definition) is 2. The Morgan fingerprint density at radius 1 is 1.18 bits per heavy atom. The maximum Gasteiger partial charge on any atom is 0.269 e. The number of carbonyl (C=O) groups excluding carboxylic acids is 1. The van der Waals surface area contributed by atoms with Crippen LogP contribution in [0.5, 0.6) is 0 Å². The van der Waals surface area contributed by atoms with E-state index < -0.39 is 11.6 Å². The van der Waals surface area contributed by atoms with Gasteiger partial charge in [0.15, 0.2) is 0 Å². The fourth-order valence-corrected chi connectivity index (χ4v) is 3.47. The smallest absolute Gasteiger partial charge is 0.269 e. The fraction of sp³-hybridized carbons (Fsp3) is 0.238. The van der Waals surface area contributed by atoms with Crippen LogP contribution < -0.4 is 10.6 Å². The van der Waals surface area contributed by atoms with Crippen LogP contribution in [-0.2, 0) is 6.54 Å². The Kier molecular flexibility index (Phi) is 4.68. The van der Waals surface area contributed by atoms with Gasteiger partial charge in [-0.3, -0.25) is 10.1 Å². The first-order valence-corrected chi connectivity index (χ1v) is 9.05. The predicted molar refractivity (Wildman–Crippen MR) is 102 cm³/mol. The van der Waals surface area contributed by atoms with Gasteiger partial charge in [-0.25, -0.2) is 13.5 Å². The van der Waals surface area contributed by atoms with Gasteiger partial charge in [-0.05, 0) is 43.7 Å². The van der Waals surface area contributed by atoms with Crippen LogP contribution >= 0.6 is 0 Å². The van der Waals surface area contributed by atoms with E-state index in [0.29, 0.717) is 17.9 Å². The van der Waals surface area contributed by atoms with Gasteiger partial charge in [-0.1, -0.05) is 23.8 Å². The minimum atomic E-state index is -0.493. The third-order valence-electron chi connectivity index (χ3n) is 4.91. The van der Waals surface area contributed by atoms with Crippen LogP contribution in [0.1, 0.15) is 33.3 Å². The number of rotatable bonds is 4. The summed E-state index contributed by atoms with van der Waals surface area (Å²) in [7, 11) is 0. The summed E-state index contributed by atoms with van der Waals surface area (Å²) in [6.45, 7) is 4.44. The summed E-state index contributed by atoms with van der Waals surface area (Å²) in [5, 5.41) is 10.6. The Morgan fingerprint density at radius 3 is 2.79 bits per heavy atom. The van der Waals surface area contributed by atoms with Crippen molar-refractivity contribution in [1.82, 2.24) is 20.4 Å². The number of carbonyl (C=O) groups is 1. The first-order valence-electron chi connectivity index (χ1n) is 9.05. The molecule has 5 nitrogen and oxygen atoms in total. The van der Waals surface area contributed by atoms with E-state index in [0.717, 1.165) is 34.9 Å². The Hall–Kier alpha value is -3.06. The van der Waals surface area contributed by atoms with Gasteiger partial charge in [0.25, 0.3) is 5.91 Å². The highest BCUT2D eigenvalue weighted by atomic mass is 19.1. The van der Waals surface area contributed by atoms with E-state index in [9.17, 15) is 13.6 Å². The molecule has 7 heteroatoms. The molecule has 0 aliphatic carbocycles. The summed E-state index contributed by atoms with van der Waals surface area (Å²) in [6.07, 6.45) is -0.366. The number of aromatic nitrogens is 2. The van der Waals surface area contributed by atoms with Crippen molar-refractivity contribution in [1.29, 1.82) is 0 Å². The van der Waals surface area contributed by atoms with Gasteiger partial charge in [-0.2, -0.15) is 5.10 Å². The molecule has 2 heterocycles. The molecular formula is C21H20F2N4O. The Bertz CT molecular complexity index is 1060. The standard InChI is InChI=1S/C21H20F2N4O/c1-12-3-5-16(13(2)7-12)18-9-19-21(28)25-11-20(27(19)26-18)24-10-14-8-15(22)4-6-17(14)23/h3-9,20,24H,10-11H2,1-2H3,(H,25,28). The Morgan fingerprint density at radius 2 is 2.00 bits per heavy atom. The molecule has 4 rings (SSSR count). The lowest BCUT2D eigenvalue weighted by Gasteiger charge is -2.26. The fourth-order valence-electron chi connectivity index (χ4n) is 3.47. The second-order valence-electron chi connectivity index (χ2n) is 7.02. The van der Waals surface area contributed by atoms with Gasteiger partial charge >= 0.3 is 0 Å². The highest BCUT2D eigenvalue weighted by Gasteiger charge is 2.27. The van der Waals surface area contributed by atoms with Gasteiger partial charge in [0.2, 0.25) is 0 Å². The van der Waals surface area contributed by atoms with Crippen molar-refractivity contribution in [3.05, 3.63) is 76.5 Å². The molecule has 2 aromatic carbocycles. The van der Waals surface area contributed by atoms with Crippen molar-refractivity contribution in [3.63, 3.8) is 0 Å². The summed E-state index contributed by atoms with van der Waals surface area (Å²) >= 11 is 0. The Balaban J connectivity index is 1.63. The highest BCUT2D eigenvalue weighted by molar-refractivity contribution is 5.94. The molecule has 0 radical (unpaired) electrons. The van der Waals surface area contributed by atoms with Crippen LogP contribution in [0.15, 0.2) is 42.5 Å². The third kappa shape index (κ3) is 3.41. The molecular weight excluding hydrogens is 362 g/mol. The van der Waals surface area contributed by atoms with E-state index in [1.165, 1.54) is 0 Å². The first kappa shape index (κ1) is 18.3. The number of amides is 1. The molecule has 0 saturated heterocycles. The minimum Gasteiger partial charge on any atom is -0.347 e. The molecule has 0 fully saturated rings. The average Bonchev–Trinajstić information content (AvgIpc) is 3.10. The van der Waals surface area contributed by atoms with Gasteiger partial charge in [0.05, 0.1) is 12.2 Å². The second kappa shape index (κ2) is 7.16. The van der Waals surface area contributed by atoms with E-state index >= 15 is 0 Å². The summed E-state index contributed by atoms with van der Waals surface area (Å²) in [4.78, 5) is 12.3. The molecule has 1 amide bonds. The summed E-state index contributed by atoms with van der Waals surface area (Å²) in [6, 6.07) is 11.2. The average molecular weight is 382 g/mol.